The Kier molecular flexibility index (Phi) is 31.7. The number of allylic oxidation sites excluding steroid dienone is 1. The molecule has 3 unspecified atom stereocenters. The molecule has 2 N–H and O–H groups in total. The molecule has 0 fully saturated rings. The third-order valence-corrected chi connectivity index (χ3v) is 9.96. The number of aliphatic hydroxyl groups excluding tert-OH is 1. The summed E-state index contributed by atoms with van der Waals surface area (Å²) in [7, 11) is 1.26. The van der Waals surface area contributed by atoms with Crippen LogP contribution < -0.4 is 10.2 Å². The highest BCUT2D eigenvalue weighted by atomic mass is 31.2. The van der Waals surface area contributed by atoms with Crippen LogP contribution in [0.1, 0.15) is 181 Å². The lowest BCUT2D eigenvalue weighted by molar-refractivity contribution is -0.870. The SMILES string of the molecule is CCCCCCCCCCCCCCCCCCCC/C=C/C(O)C(COP(=O)([O-])OCC[N+](C)(C)C)NC(=O)CCCCCCCC. The van der Waals surface area contributed by atoms with E-state index in [1.165, 1.54) is 122 Å². The molecule has 0 bridgehead atoms. The molecule has 286 valence electrons. The third kappa shape index (κ3) is 33.7. The topological polar surface area (TPSA) is 108 Å². The number of phosphoric acid groups is 1. The maximum atomic E-state index is 12.6. The summed E-state index contributed by atoms with van der Waals surface area (Å²) in [4.78, 5) is 25.0. The Morgan fingerprint density at radius 3 is 1.56 bits per heavy atom. The predicted octanol–water partition coefficient (Wildman–Crippen LogP) is 9.78. The van der Waals surface area contributed by atoms with E-state index >= 15 is 0 Å². The molecule has 48 heavy (non-hydrogen) atoms. The van der Waals surface area contributed by atoms with Gasteiger partial charge in [0.15, 0.2) is 0 Å². The molecule has 8 nitrogen and oxygen atoms in total. The molecule has 0 heterocycles. The Hall–Kier alpha value is -0.760. The molecule has 9 heteroatoms. The fourth-order valence-corrected chi connectivity index (χ4v) is 6.46. The van der Waals surface area contributed by atoms with Crippen LogP contribution in [-0.4, -0.2) is 68.5 Å². The highest BCUT2D eigenvalue weighted by Gasteiger charge is 2.23. The number of rotatable bonds is 36. The number of quaternary nitrogens is 1. The van der Waals surface area contributed by atoms with Crippen molar-refractivity contribution in [1.29, 1.82) is 0 Å². The maximum absolute atomic E-state index is 12.6. The van der Waals surface area contributed by atoms with Crippen LogP contribution >= 0.6 is 7.82 Å². The first-order valence-corrected chi connectivity index (χ1v) is 21.5. The molecule has 0 spiro atoms. The van der Waals surface area contributed by atoms with E-state index in [0.717, 1.165) is 38.5 Å². The normalized spacial score (nSPS) is 14.7. The van der Waals surface area contributed by atoms with Gasteiger partial charge in [-0.25, -0.2) is 0 Å². The minimum atomic E-state index is -4.57. The Bertz CT molecular complexity index is 804. The Morgan fingerprint density at radius 1 is 0.708 bits per heavy atom. The summed E-state index contributed by atoms with van der Waals surface area (Å²) in [6.45, 7) is 4.57. The average Bonchev–Trinajstić information content (AvgIpc) is 3.02. The molecular weight excluding hydrogens is 623 g/mol. The maximum Gasteiger partial charge on any atom is 0.268 e. The second-order valence-corrected chi connectivity index (χ2v) is 16.4. The first kappa shape index (κ1) is 47.2. The smallest absolute Gasteiger partial charge is 0.268 e. The number of unbranched alkanes of at least 4 members (excludes halogenated alkanes) is 23. The molecule has 0 rings (SSSR count). The van der Waals surface area contributed by atoms with E-state index in [-0.39, 0.29) is 19.1 Å². The number of carbonyl (C=O) groups excluding carboxylic acids is 1. The van der Waals surface area contributed by atoms with Crippen LogP contribution in [0.5, 0.6) is 0 Å². The summed E-state index contributed by atoms with van der Waals surface area (Å²) in [6.07, 6.45) is 34.3. The number of aliphatic hydroxyl groups is 1. The van der Waals surface area contributed by atoms with Gasteiger partial charge in [-0.2, -0.15) is 0 Å². The number of amides is 1. The third-order valence-electron chi connectivity index (χ3n) is 9.00. The van der Waals surface area contributed by atoms with Crippen LogP contribution in [0.4, 0.5) is 0 Å². The number of likely N-dealkylation sites (N-methyl/N-ethyl adjacent to an activating group) is 1. The first-order chi connectivity index (χ1) is 23.0. The van der Waals surface area contributed by atoms with Gasteiger partial charge in [0, 0.05) is 6.42 Å². The van der Waals surface area contributed by atoms with E-state index in [9.17, 15) is 19.4 Å². The first-order valence-electron chi connectivity index (χ1n) is 20.1. The largest absolute Gasteiger partial charge is 0.756 e. The van der Waals surface area contributed by atoms with Gasteiger partial charge in [0.05, 0.1) is 39.9 Å². The van der Waals surface area contributed by atoms with Crippen molar-refractivity contribution >= 4 is 13.7 Å². The van der Waals surface area contributed by atoms with Crippen molar-refractivity contribution in [2.24, 2.45) is 0 Å². The lowest BCUT2D eigenvalue weighted by Crippen LogP contribution is -2.45. The number of hydrogen-bond donors (Lipinski definition) is 2. The molecule has 1 amide bonds. The van der Waals surface area contributed by atoms with Gasteiger partial charge < -0.3 is 28.8 Å². The summed E-state index contributed by atoms with van der Waals surface area (Å²) in [5.41, 5.74) is 0. The number of nitrogens with one attached hydrogen (secondary N) is 1. The van der Waals surface area contributed by atoms with Gasteiger partial charge in [0.1, 0.15) is 13.2 Å². The fourth-order valence-electron chi connectivity index (χ4n) is 5.74. The van der Waals surface area contributed by atoms with Gasteiger partial charge in [-0.15, -0.1) is 0 Å². The minimum absolute atomic E-state index is 0.00118. The van der Waals surface area contributed by atoms with E-state index < -0.39 is 20.0 Å². The van der Waals surface area contributed by atoms with Crippen molar-refractivity contribution in [3.05, 3.63) is 12.2 Å². The van der Waals surface area contributed by atoms with Crippen molar-refractivity contribution in [2.45, 2.75) is 193 Å². The van der Waals surface area contributed by atoms with E-state index in [2.05, 4.69) is 19.2 Å². The molecule has 0 aliphatic carbocycles. The molecule has 0 saturated heterocycles. The molecule has 0 aliphatic rings. The van der Waals surface area contributed by atoms with E-state index in [0.29, 0.717) is 17.4 Å². The zero-order valence-electron chi connectivity index (χ0n) is 32.2. The standard InChI is InChI=1S/C39H79N2O6P/c1-6-8-10-12-14-15-16-17-18-19-20-21-22-23-24-25-26-27-28-30-32-38(42)37(40-39(43)33-31-29-13-11-9-7-2)36-47-48(44,45)46-35-34-41(3,4)5/h30,32,37-38,42H,6-29,31,33-36H2,1-5H3,(H-,40,43,44,45)/b32-30+. The summed E-state index contributed by atoms with van der Waals surface area (Å²) < 4.78 is 23.0. The van der Waals surface area contributed by atoms with Gasteiger partial charge in [-0.1, -0.05) is 167 Å². The van der Waals surface area contributed by atoms with Gasteiger partial charge in [0.25, 0.3) is 7.82 Å². The van der Waals surface area contributed by atoms with E-state index in [4.69, 9.17) is 9.05 Å². The minimum Gasteiger partial charge on any atom is -0.756 e. The monoisotopic (exact) mass is 703 g/mol. The summed E-state index contributed by atoms with van der Waals surface area (Å²) >= 11 is 0. The van der Waals surface area contributed by atoms with Crippen molar-refractivity contribution in [2.75, 3.05) is 40.9 Å². The Balaban J connectivity index is 4.27. The van der Waals surface area contributed by atoms with Crippen LogP contribution in [0, 0.1) is 0 Å². The summed E-state index contributed by atoms with van der Waals surface area (Å²) in [5.74, 6) is -0.207. The highest BCUT2D eigenvalue weighted by Crippen LogP contribution is 2.38. The highest BCUT2D eigenvalue weighted by molar-refractivity contribution is 7.45. The van der Waals surface area contributed by atoms with Crippen molar-refractivity contribution in [1.82, 2.24) is 5.32 Å². The van der Waals surface area contributed by atoms with Crippen LogP contribution in [0.15, 0.2) is 12.2 Å². The van der Waals surface area contributed by atoms with Gasteiger partial charge >= 0.3 is 0 Å². The number of carbonyl (C=O) groups is 1. The van der Waals surface area contributed by atoms with E-state index in [1.54, 1.807) is 6.08 Å². The molecule has 0 aromatic heterocycles. The average molecular weight is 703 g/mol. The van der Waals surface area contributed by atoms with Gasteiger partial charge in [-0.3, -0.25) is 9.36 Å². The number of hydrogen-bond acceptors (Lipinski definition) is 6. The zero-order valence-corrected chi connectivity index (χ0v) is 33.1. The molecule has 0 aromatic carbocycles. The number of phosphoric ester groups is 1. The fraction of sp³-hybridized carbons (Fsp3) is 0.923. The second kappa shape index (κ2) is 32.2. The van der Waals surface area contributed by atoms with Crippen LogP contribution in [0.25, 0.3) is 0 Å². The van der Waals surface area contributed by atoms with Crippen molar-refractivity contribution in [3.63, 3.8) is 0 Å². The van der Waals surface area contributed by atoms with Crippen LogP contribution in [0.2, 0.25) is 0 Å². The van der Waals surface area contributed by atoms with E-state index in [1.807, 2.05) is 27.2 Å². The molecular formula is C39H79N2O6P. The van der Waals surface area contributed by atoms with Crippen molar-refractivity contribution in [3.8, 4) is 0 Å². The summed E-state index contributed by atoms with van der Waals surface area (Å²) in [6, 6.07) is -0.876. The Morgan fingerprint density at radius 2 is 1.12 bits per heavy atom. The molecule has 0 aliphatic heterocycles. The quantitative estimate of drug-likeness (QED) is 0.0291. The van der Waals surface area contributed by atoms with Crippen LogP contribution in [0.3, 0.4) is 0 Å². The molecule has 3 atom stereocenters. The van der Waals surface area contributed by atoms with Crippen LogP contribution in [-0.2, 0) is 18.4 Å². The molecule has 0 aromatic rings. The Labute approximate surface area is 297 Å². The second-order valence-electron chi connectivity index (χ2n) is 15.0. The van der Waals surface area contributed by atoms with Crippen molar-refractivity contribution < 1.29 is 32.9 Å². The van der Waals surface area contributed by atoms with Gasteiger partial charge in [0.2, 0.25) is 5.91 Å². The predicted molar refractivity (Wildman–Crippen MR) is 201 cm³/mol. The molecule has 0 saturated carbocycles. The molecule has 0 radical (unpaired) electrons. The number of nitrogens with zero attached hydrogens (tertiary/aromatic N) is 1. The summed E-state index contributed by atoms with van der Waals surface area (Å²) in [5, 5.41) is 13.6. The zero-order chi connectivity index (χ0) is 35.8. The lowest BCUT2D eigenvalue weighted by atomic mass is 10.0. The lowest BCUT2D eigenvalue weighted by Gasteiger charge is -2.29. The van der Waals surface area contributed by atoms with Gasteiger partial charge in [-0.05, 0) is 19.3 Å².